The maximum Gasteiger partial charge on any atom is 0.272 e. The number of hydrogen-bond acceptors (Lipinski definition) is 5. The van der Waals surface area contributed by atoms with Crippen molar-refractivity contribution in [3.05, 3.63) is 129 Å². The second-order valence-corrected chi connectivity index (χ2v) is 11.8. The predicted octanol–water partition coefficient (Wildman–Crippen LogP) is 6.26. The third kappa shape index (κ3) is 7.12. The van der Waals surface area contributed by atoms with E-state index in [0.717, 1.165) is 8.47 Å². The number of thioether (sulfide) groups is 1. The second kappa shape index (κ2) is 13.1. The molecule has 0 aromatic heterocycles. The molecule has 1 heterocycles. The smallest absolute Gasteiger partial charge is 0.272 e. The number of imide groups is 1. The molecule has 0 saturated carbocycles. The summed E-state index contributed by atoms with van der Waals surface area (Å²) in [6.45, 7) is 0. The Kier molecular flexibility index (Phi) is 9.13. The Hall–Kier alpha value is -4.29. The quantitative estimate of drug-likeness (QED) is 0.129. The summed E-state index contributed by atoms with van der Waals surface area (Å²) < 4.78 is 14.4. The summed E-state index contributed by atoms with van der Waals surface area (Å²) in [5.74, 6) is -1.99. The summed E-state index contributed by atoms with van der Waals surface area (Å²) in [4.78, 5) is 53.6. The molecule has 5 rings (SSSR count). The van der Waals surface area contributed by atoms with Gasteiger partial charge in [0.15, 0.2) is 0 Å². The fourth-order valence-corrected chi connectivity index (χ4v) is 5.62. The number of carbonyl (C=O) groups excluding carboxylic acids is 4. The van der Waals surface area contributed by atoms with Crippen LogP contribution in [0.3, 0.4) is 0 Å². The molecule has 1 aliphatic rings. The molecule has 7 nitrogen and oxygen atoms in total. The van der Waals surface area contributed by atoms with Crippen LogP contribution in [0.2, 0.25) is 0 Å². The van der Waals surface area contributed by atoms with Crippen LogP contribution >= 0.6 is 34.4 Å². The summed E-state index contributed by atoms with van der Waals surface area (Å²) in [7, 11) is 0. The highest BCUT2D eigenvalue weighted by atomic mass is 127. The van der Waals surface area contributed by atoms with Crippen molar-refractivity contribution in [1.82, 2.24) is 5.32 Å². The van der Waals surface area contributed by atoms with Crippen LogP contribution in [-0.4, -0.2) is 28.9 Å². The number of rotatable bonds is 8. The zero-order chi connectivity index (χ0) is 29.6. The molecule has 1 aliphatic heterocycles. The van der Waals surface area contributed by atoms with Crippen LogP contribution in [-0.2, 0) is 14.4 Å². The lowest BCUT2D eigenvalue weighted by Gasteiger charge is -2.15. The molecule has 2 N–H and O–H groups in total. The number of halogens is 2. The molecule has 42 heavy (non-hydrogen) atoms. The van der Waals surface area contributed by atoms with Crippen LogP contribution in [0.5, 0.6) is 0 Å². The van der Waals surface area contributed by atoms with Gasteiger partial charge < -0.3 is 10.6 Å². The number of carbonyl (C=O) groups is 4. The Morgan fingerprint density at radius 3 is 2.21 bits per heavy atom. The van der Waals surface area contributed by atoms with Crippen LogP contribution in [0.15, 0.2) is 114 Å². The second-order valence-electron chi connectivity index (χ2n) is 9.26. The number of anilines is 2. The molecule has 4 aromatic rings. The average Bonchev–Trinajstić information content (AvgIpc) is 3.27. The van der Waals surface area contributed by atoms with Crippen molar-refractivity contribution in [3.8, 4) is 0 Å². The van der Waals surface area contributed by atoms with Crippen molar-refractivity contribution < 1.29 is 23.6 Å². The van der Waals surface area contributed by atoms with Gasteiger partial charge in [0.2, 0.25) is 11.8 Å². The van der Waals surface area contributed by atoms with Crippen molar-refractivity contribution >= 4 is 75.4 Å². The summed E-state index contributed by atoms with van der Waals surface area (Å²) in [6, 6.07) is 28.0. The van der Waals surface area contributed by atoms with Crippen LogP contribution in [0.1, 0.15) is 22.3 Å². The van der Waals surface area contributed by atoms with E-state index in [1.165, 1.54) is 47.0 Å². The van der Waals surface area contributed by atoms with E-state index in [-0.39, 0.29) is 23.9 Å². The largest absolute Gasteiger partial charge is 0.321 e. The third-order valence-corrected chi connectivity index (χ3v) is 8.21. The first-order valence-corrected chi connectivity index (χ1v) is 14.8. The fourth-order valence-electron chi connectivity index (χ4n) is 4.21. The minimum atomic E-state index is -0.575. The number of benzene rings is 4. The molecule has 1 unspecified atom stereocenters. The maximum atomic E-state index is 13.4. The van der Waals surface area contributed by atoms with E-state index < -0.39 is 22.9 Å². The Labute approximate surface area is 259 Å². The van der Waals surface area contributed by atoms with Crippen LogP contribution in [0.4, 0.5) is 15.8 Å². The standard InChI is InChI=1S/C32H23FIN3O4S/c33-22-8-6-20(7-9-22)18-27(36-30(39)21-4-2-1-3-5-21)31(40)35-24-12-16-26(17-13-24)42-28-19-29(38)37(32(28)41)25-14-10-23(34)11-15-25/h1-18,28H,19H2,(H,35,40)(H,36,39)/b27-18-. The summed E-state index contributed by atoms with van der Waals surface area (Å²) in [5.41, 5.74) is 1.88. The van der Waals surface area contributed by atoms with Crippen molar-refractivity contribution in [3.63, 3.8) is 0 Å². The molecule has 4 amide bonds. The minimum Gasteiger partial charge on any atom is -0.321 e. The first kappa shape index (κ1) is 29.2. The Morgan fingerprint density at radius 2 is 1.55 bits per heavy atom. The summed E-state index contributed by atoms with van der Waals surface area (Å²) >= 11 is 3.45. The van der Waals surface area contributed by atoms with E-state index in [1.807, 2.05) is 12.1 Å². The molecular weight excluding hydrogens is 668 g/mol. The Morgan fingerprint density at radius 1 is 0.881 bits per heavy atom. The molecule has 0 aliphatic carbocycles. The van der Waals surface area contributed by atoms with Gasteiger partial charge in [-0.25, -0.2) is 9.29 Å². The van der Waals surface area contributed by atoms with Crippen molar-refractivity contribution in [1.29, 1.82) is 0 Å². The van der Waals surface area contributed by atoms with E-state index in [9.17, 15) is 23.6 Å². The monoisotopic (exact) mass is 691 g/mol. The molecule has 0 radical (unpaired) electrons. The van der Waals surface area contributed by atoms with Gasteiger partial charge in [0.25, 0.3) is 11.8 Å². The molecule has 1 fully saturated rings. The fraction of sp³-hybridized carbons (Fsp3) is 0.0625. The van der Waals surface area contributed by atoms with Gasteiger partial charge in [-0.05, 0) is 107 Å². The highest BCUT2D eigenvalue weighted by molar-refractivity contribution is 14.1. The van der Waals surface area contributed by atoms with Crippen molar-refractivity contribution in [2.45, 2.75) is 16.6 Å². The number of nitrogens with zero attached hydrogens (tertiary/aromatic N) is 1. The first-order chi connectivity index (χ1) is 20.3. The van der Waals surface area contributed by atoms with Gasteiger partial charge in [0.05, 0.1) is 10.9 Å². The van der Waals surface area contributed by atoms with E-state index >= 15 is 0 Å². The highest BCUT2D eigenvalue weighted by Crippen LogP contribution is 2.34. The molecule has 0 bridgehead atoms. The molecule has 4 aromatic carbocycles. The highest BCUT2D eigenvalue weighted by Gasteiger charge is 2.40. The van der Waals surface area contributed by atoms with E-state index in [4.69, 9.17) is 0 Å². The molecule has 210 valence electrons. The Balaban J connectivity index is 1.27. The van der Waals surface area contributed by atoms with Gasteiger partial charge >= 0.3 is 0 Å². The lowest BCUT2D eigenvalue weighted by Crippen LogP contribution is -2.31. The first-order valence-electron chi connectivity index (χ1n) is 12.8. The van der Waals surface area contributed by atoms with Gasteiger partial charge in [-0.1, -0.05) is 30.3 Å². The van der Waals surface area contributed by atoms with Gasteiger partial charge in [0, 0.05) is 26.1 Å². The van der Waals surface area contributed by atoms with E-state index in [1.54, 1.807) is 66.7 Å². The lowest BCUT2D eigenvalue weighted by molar-refractivity contribution is -0.121. The molecule has 0 spiro atoms. The van der Waals surface area contributed by atoms with Gasteiger partial charge in [0.1, 0.15) is 11.5 Å². The average molecular weight is 692 g/mol. The van der Waals surface area contributed by atoms with Crippen molar-refractivity contribution in [2.24, 2.45) is 0 Å². The van der Waals surface area contributed by atoms with Gasteiger partial charge in [-0.15, -0.1) is 11.8 Å². The SMILES string of the molecule is O=C(Nc1ccc(SC2CC(=O)N(c3ccc(I)cc3)C2=O)cc1)/C(=C/c1ccc(F)cc1)NC(=O)c1ccccc1. The number of amides is 4. The lowest BCUT2D eigenvalue weighted by atomic mass is 10.1. The molecule has 1 atom stereocenters. The Bertz CT molecular complexity index is 1660. The topological polar surface area (TPSA) is 95.6 Å². The van der Waals surface area contributed by atoms with Gasteiger partial charge in [-0.2, -0.15) is 0 Å². The summed E-state index contributed by atoms with van der Waals surface area (Å²) in [6.07, 6.45) is 1.55. The predicted molar refractivity (Wildman–Crippen MR) is 169 cm³/mol. The van der Waals surface area contributed by atoms with Gasteiger partial charge in [-0.3, -0.25) is 19.2 Å². The molecule has 1 saturated heterocycles. The minimum absolute atomic E-state index is 0.0281. The molecular formula is C32H23FIN3O4S. The zero-order valence-corrected chi connectivity index (χ0v) is 24.9. The third-order valence-electron chi connectivity index (χ3n) is 6.29. The van der Waals surface area contributed by atoms with Crippen LogP contribution in [0, 0.1) is 9.39 Å². The maximum absolute atomic E-state index is 13.4. The number of hydrogen-bond donors (Lipinski definition) is 2. The summed E-state index contributed by atoms with van der Waals surface area (Å²) in [5, 5.41) is 4.85. The van der Waals surface area contributed by atoms with Crippen LogP contribution < -0.4 is 15.5 Å². The normalized spacial score (nSPS) is 15.0. The zero-order valence-electron chi connectivity index (χ0n) is 21.9. The number of nitrogens with one attached hydrogen (secondary N) is 2. The molecule has 10 heteroatoms. The van der Waals surface area contributed by atoms with Crippen molar-refractivity contribution in [2.75, 3.05) is 10.2 Å². The van der Waals surface area contributed by atoms with Crippen LogP contribution in [0.25, 0.3) is 6.08 Å². The van der Waals surface area contributed by atoms with E-state index in [2.05, 4.69) is 33.2 Å². The van der Waals surface area contributed by atoms with E-state index in [0.29, 0.717) is 22.5 Å².